The van der Waals surface area contributed by atoms with E-state index in [1.54, 1.807) is 42.5 Å². The third kappa shape index (κ3) is 5.82. The molecule has 3 aromatic carbocycles. The molecule has 0 atom stereocenters. The summed E-state index contributed by atoms with van der Waals surface area (Å²) in [4.78, 5) is 12.4. The molecule has 2 N–H and O–H groups in total. The van der Waals surface area contributed by atoms with Crippen LogP contribution in [0.15, 0.2) is 83.8 Å². The Bertz CT molecular complexity index is 1090. The number of nitrogens with one attached hydrogen (secondary N) is 2. The average molecular weight is 429 g/mol. The van der Waals surface area contributed by atoms with E-state index in [9.17, 15) is 13.2 Å². The number of anilines is 1. The summed E-state index contributed by atoms with van der Waals surface area (Å²) >= 11 is 6.13. The Balaban J connectivity index is 1.59. The summed E-state index contributed by atoms with van der Waals surface area (Å²) in [5.74, 6) is -0.319. The fraction of sp³-hybridized carbons (Fsp3) is 0.136. The standard InChI is InChI=1S/C22H21ClN2O3S/c23-21-14-5-4-8-17(21)10-7-15-24-22(26)18-9-6-13-20(16-18)29(27,28)25-19-11-2-1-3-12-19/h1-6,8-9,11-14,16,25H,7,10,15H2,(H,24,26). The number of aryl methyl sites for hydroxylation is 1. The zero-order valence-electron chi connectivity index (χ0n) is 15.6. The van der Waals surface area contributed by atoms with Gasteiger partial charge >= 0.3 is 0 Å². The summed E-state index contributed by atoms with van der Waals surface area (Å²) in [6.45, 7) is 0.462. The highest BCUT2D eigenvalue weighted by molar-refractivity contribution is 7.92. The van der Waals surface area contributed by atoms with E-state index >= 15 is 0 Å². The number of carbonyl (C=O) groups excluding carboxylic acids is 1. The molecule has 0 radical (unpaired) electrons. The van der Waals surface area contributed by atoms with Crippen molar-refractivity contribution >= 4 is 33.2 Å². The predicted octanol–water partition coefficient (Wildman–Crippen LogP) is 4.50. The van der Waals surface area contributed by atoms with Gasteiger partial charge in [0.1, 0.15) is 0 Å². The first-order valence-corrected chi connectivity index (χ1v) is 11.0. The highest BCUT2D eigenvalue weighted by atomic mass is 35.5. The molecule has 5 nitrogen and oxygen atoms in total. The smallest absolute Gasteiger partial charge is 0.261 e. The van der Waals surface area contributed by atoms with E-state index in [1.807, 2.05) is 24.3 Å². The van der Waals surface area contributed by atoms with E-state index in [0.717, 1.165) is 18.4 Å². The van der Waals surface area contributed by atoms with E-state index in [2.05, 4.69) is 10.0 Å². The number of hydrogen-bond acceptors (Lipinski definition) is 3. The van der Waals surface area contributed by atoms with Crippen molar-refractivity contribution in [2.45, 2.75) is 17.7 Å². The zero-order chi connectivity index (χ0) is 20.7. The van der Waals surface area contributed by atoms with Gasteiger partial charge in [-0.05, 0) is 54.8 Å². The van der Waals surface area contributed by atoms with E-state index < -0.39 is 10.0 Å². The predicted molar refractivity (Wildman–Crippen MR) is 116 cm³/mol. The molecular weight excluding hydrogens is 408 g/mol. The highest BCUT2D eigenvalue weighted by Crippen LogP contribution is 2.18. The van der Waals surface area contributed by atoms with E-state index in [4.69, 9.17) is 11.6 Å². The summed E-state index contributed by atoms with van der Waals surface area (Å²) in [7, 11) is -3.78. The van der Waals surface area contributed by atoms with E-state index in [0.29, 0.717) is 22.8 Å². The minimum Gasteiger partial charge on any atom is -0.352 e. The molecule has 3 aromatic rings. The van der Waals surface area contributed by atoms with Gasteiger partial charge in [-0.3, -0.25) is 9.52 Å². The Kier molecular flexibility index (Phi) is 6.90. The Hall–Kier alpha value is -2.83. The molecule has 0 fully saturated rings. The molecular formula is C22H21ClN2O3S. The van der Waals surface area contributed by atoms with Crippen LogP contribution in [0.3, 0.4) is 0 Å². The molecule has 7 heteroatoms. The van der Waals surface area contributed by atoms with Crippen molar-refractivity contribution in [1.82, 2.24) is 5.32 Å². The van der Waals surface area contributed by atoms with Crippen molar-refractivity contribution in [2.24, 2.45) is 0 Å². The minimum atomic E-state index is -3.78. The van der Waals surface area contributed by atoms with Gasteiger partial charge in [-0.2, -0.15) is 0 Å². The van der Waals surface area contributed by atoms with Crippen molar-refractivity contribution in [3.8, 4) is 0 Å². The first-order chi connectivity index (χ1) is 14.0. The second kappa shape index (κ2) is 9.58. The summed E-state index contributed by atoms with van der Waals surface area (Å²) in [6.07, 6.45) is 1.47. The van der Waals surface area contributed by atoms with Gasteiger partial charge in [0.15, 0.2) is 0 Å². The first-order valence-electron chi connectivity index (χ1n) is 9.15. The molecule has 0 saturated heterocycles. The van der Waals surface area contributed by atoms with E-state index in [-0.39, 0.29) is 10.8 Å². The molecule has 0 aliphatic heterocycles. The van der Waals surface area contributed by atoms with Crippen molar-refractivity contribution in [3.05, 3.63) is 95.0 Å². The van der Waals surface area contributed by atoms with Gasteiger partial charge in [0.2, 0.25) is 0 Å². The molecule has 0 unspecified atom stereocenters. The number of hydrogen-bond donors (Lipinski definition) is 2. The average Bonchev–Trinajstić information content (AvgIpc) is 2.73. The second-order valence-corrected chi connectivity index (χ2v) is 8.54. The lowest BCUT2D eigenvalue weighted by Crippen LogP contribution is -2.25. The lowest BCUT2D eigenvalue weighted by atomic mass is 10.1. The molecule has 0 aromatic heterocycles. The van der Waals surface area contributed by atoms with Crippen LogP contribution >= 0.6 is 11.6 Å². The van der Waals surface area contributed by atoms with Crippen LogP contribution in [0.2, 0.25) is 5.02 Å². The monoisotopic (exact) mass is 428 g/mol. The van der Waals surface area contributed by atoms with Gasteiger partial charge in [-0.15, -0.1) is 0 Å². The quantitative estimate of drug-likeness (QED) is 0.518. The highest BCUT2D eigenvalue weighted by Gasteiger charge is 2.16. The van der Waals surface area contributed by atoms with Crippen molar-refractivity contribution in [3.63, 3.8) is 0 Å². The summed E-state index contributed by atoms with van der Waals surface area (Å²) in [5, 5.41) is 3.53. The Morgan fingerprint density at radius 1 is 0.897 bits per heavy atom. The third-order valence-electron chi connectivity index (χ3n) is 4.30. The summed E-state index contributed by atoms with van der Waals surface area (Å²) in [6, 6.07) is 22.2. The van der Waals surface area contributed by atoms with Crippen molar-refractivity contribution in [1.29, 1.82) is 0 Å². The lowest BCUT2D eigenvalue weighted by molar-refractivity contribution is 0.0953. The normalized spacial score (nSPS) is 11.1. The van der Waals surface area contributed by atoms with Crippen LogP contribution in [-0.2, 0) is 16.4 Å². The maximum atomic E-state index is 12.6. The lowest BCUT2D eigenvalue weighted by Gasteiger charge is -2.10. The van der Waals surface area contributed by atoms with Gasteiger partial charge in [-0.25, -0.2) is 8.42 Å². The number of sulfonamides is 1. The van der Waals surface area contributed by atoms with Crippen LogP contribution in [0.5, 0.6) is 0 Å². The molecule has 29 heavy (non-hydrogen) atoms. The van der Waals surface area contributed by atoms with Crippen LogP contribution in [0.1, 0.15) is 22.3 Å². The fourth-order valence-electron chi connectivity index (χ4n) is 2.81. The fourth-order valence-corrected chi connectivity index (χ4v) is 4.14. The number of rotatable bonds is 8. The topological polar surface area (TPSA) is 75.3 Å². The largest absolute Gasteiger partial charge is 0.352 e. The van der Waals surface area contributed by atoms with Crippen LogP contribution in [0, 0.1) is 0 Å². The maximum Gasteiger partial charge on any atom is 0.261 e. The molecule has 0 aliphatic carbocycles. The molecule has 0 aliphatic rings. The summed E-state index contributed by atoms with van der Waals surface area (Å²) < 4.78 is 27.6. The van der Waals surface area contributed by atoms with Gasteiger partial charge in [0, 0.05) is 22.8 Å². The maximum absolute atomic E-state index is 12.6. The molecule has 0 spiro atoms. The number of para-hydroxylation sites is 1. The molecule has 0 bridgehead atoms. The van der Waals surface area contributed by atoms with Gasteiger partial charge in [0.25, 0.3) is 15.9 Å². The van der Waals surface area contributed by atoms with Gasteiger partial charge < -0.3 is 5.32 Å². The Morgan fingerprint density at radius 3 is 2.38 bits per heavy atom. The summed E-state index contributed by atoms with van der Waals surface area (Å²) in [5.41, 5.74) is 1.78. The van der Waals surface area contributed by atoms with Crippen LogP contribution in [-0.4, -0.2) is 20.9 Å². The van der Waals surface area contributed by atoms with Crippen molar-refractivity contribution < 1.29 is 13.2 Å². The second-order valence-electron chi connectivity index (χ2n) is 6.45. The molecule has 150 valence electrons. The zero-order valence-corrected chi connectivity index (χ0v) is 17.2. The number of halogens is 1. The van der Waals surface area contributed by atoms with Crippen LogP contribution in [0.4, 0.5) is 5.69 Å². The van der Waals surface area contributed by atoms with E-state index in [1.165, 1.54) is 12.1 Å². The van der Waals surface area contributed by atoms with Crippen molar-refractivity contribution in [2.75, 3.05) is 11.3 Å². The number of amides is 1. The molecule has 3 rings (SSSR count). The van der Waals surface area contributed by atoms with Gasteiger partial charge in [0.05, 0.1) is 4.90 Å². The molecule has 0 saturated carbocycles. The Morgan fingerprint density at radius 2 is 1.62 bits per heavy atom. The minimum absolute atomic E-state index is 0.0325. The van der Waals surface area contributed by atoms with Crippen LogP contribution < -0.4 is 10.0 Å². The third-order valence-corrected chi connectivity index (χ3v) is 6.05. The van der Waals surface area contributed by atoms with Gasteiger partial charge in [-0.1, -0.05) is 54.1 Å². The SMILES string of the molecule is O=C(NCCCc1ccccc1Cl)c1cccc(S(=O)(=O)Nc2ccccc2)c1. The number of carbonyl (C=O) groups is 1. The molecule has 0 heterocycles. The molecule has 1 amide bonds. The Labute approximate surface area is 175 Å². The number of benzene rings is 3. The first kappa shape index (κ1) is 20.9. The van der Waals surface area contributed by atoms with Crippen LogP contribution in [0.25, 0.3) is 0 Å².